The maximum absolute atomic E-state index is 4.21. The lowest BCUT2D eigenvalue weighted by Crippen LogP contribution is -2.07. The molecule has 0 amide bonds. The van der Waals surface area contributed by atoms with Gasteiger partial charge in [0.15, 0.2) is 0 Å². The zero-order valence-electron chi connectivity index (χ0n) is 92.4. The summed E-state index contributed by atoms with van der Waals surface area (Å²) >= 11 is 0. The Bertz CT molecular complexity index is 3790. The first-order valence-electron chi connectivity index (χ1n) is 54.2. The number of aryl methyl sites for hydroxylation is 14. The van der Waals surface area contributed by atoms with E-state index in [2.05, 4.69) is 348 Å². The molecular formula is C109H210N24. The summed E-state index contributed by atoms with van der Waals surface area (Å²) in [6.45, 7) is 80.4. The van der Waals surface area contributed by atoms with E-state index in [1.54, 1.807) is 0 Å². The summed E-state index contributed by atoms with van der Waals surface area (Å²) in [5, 5.41) is 66.2. The Kier molecular flexibility index (Phi) is 72.0. The molecule has 0 fully saturated rings. The minimum Gasteiger partial charge on any atom is -0.252 e. The summed E-state index contributed by atoms with van der Waals surface area (Å²) in [6.07, 6.45) is 61.4. The smallest absolute Gasteiger partial charge is 0.0829 e. The lowest BCUT2D eigenvalue weighted by molar-refractivity contribution is 0.460. The molecule has 0 saturated heterocycles. The van der Waals surface area contributed by atoms with Crippen LogP contribution in [0.1, 0.15) is 453 Å². The van der Waals surface area contributed by atoms with Crippen LogP contribution in [0.3, 0.4) is 0 Å². The van der Waals surface area contributed by atoms with Crippen LogP contribution in [0.15, 0.2) is 49.6 Å². The van der Waals surface area contributed by atoms with E-state index >= 15 is 0 Å². The van der Waals surface area contributed by atoms with Crippen molar-refractivity contribution in [3.05, 3.63) is 95.1 Å². The highest BCUT2D eigenvalue weighted by molar-refractivity contribution is 4.99. The van der Waals surface area contributed by atoms with Gasteiger partial charge in [0.05, 0.1) is 70.3 Å². The number of hydrogen-bond donors (Lipinski definition) is 0. The molecule has 0 aliphatic heterocycles. The van der Waals surface area contributed by atoms with Crippen LogP contribution in [-0.2, 0) is 104 Å². The van der Waals surface area contributed by atoms with E-state index in [4.69, 9.17) is 0 Å². The van der Waals surface area contributed by atoms with Crippen molar-refractivity contribution in [1.29, 1.82) is 0 Å². The summed E-state index contributed by atoms with van der Waals surface area (Å²) in [4.78, 5) is 0. The fourth-order valence-electron chi connectivity index (χ4n) is 14.8. The predicted octanol–water partition coefficient (Wildman–Crippen LogP) is 28.4. The summed E-state index contributed by atoms with van der Waals surface area (Å²) in [7, 11) is 0. The van der Waals surface area contributed by atoms with Gasteiger partial charge in [-0.3, -0.25) is 18.7 Å². The highest BCUT2D eigenvalue weighted by atomic mass is 15.5. The lowest BCUT2D eigenvalue weighted by Gasteiger charge is -2.08. The summed E-state index contributed by atoms with van der Waals surface area (Å²) < 4.78 is 16.3. The molecule has 0 bridgehead atoms. The summed E-state index contributed by atoms with van der Waals surface area (Å²) in [5.74, 6) is 12.2. The zero-order valence-corrected chi connectivity index (χ0v) is 92.4. The predicted molar refractivity (Wildman–Crippen MR) is 561 cm³/mol. The summed E-state index contributed by atoms with van der Waals surface area (Å²) in [5.41, 5.74) is 9.74. The highest BCUT2D eigenvalue weighted by Crippen LogP contribution is 2.20. The van der Waals surface area contributed by atoms with Gasteiger partial charge in [0.2, 0.25) is 0 Å². The van der Waals surface area contributed by atoms with E-state index in [9.17, 15) is 0 Å². The largest absolute Gasteiger partial charge is 0.252 e. The van der Waals surface area contributed by atoms with E-state index in [0.717, 1.165) is 209 Å². The molecular weight excluding hydrogens is 1650 g/mol. The van der Waals surface area contributed by atoms with Gasteiger partial charge in [0, 0.05) is 77.1 Å². The molecule has 766 valence electrons. The fourth-order valence-corrected chi connectivity index (χ4v) is 14.8. The topological polar surface area (TPSA) is 246 Å². The first kappa shape index (κ1) is 124. The van der Waals surface area contributed by atoms with E-state index in [0.29, 0.717) is 11.8 Å². The average molecular weight is 1860 g/mol. The Morgan fingerprint density at radius 1 is 0.180 bits per heavy atom. The second-order valence-electron chi connectivity index (χ2n) is 45.2. The minimum absolute atomic E-state index is 0.635. The van der Waals surface area contributed by atoms with Crippen LogP contribution in [-0.4, -0.2) is 120 Å². The second kappa shape index (κ2) is 77.1. The lowest BCUT2D eigenvalue weighted by atomic mass is 10.0. The molecule has 133 heavy (non-hydrogen) atoms. The minimum atomic E-state index is 0.635. The molecule has 8 rings (SSSR count). The normalized spacial score (nSPS) is 11.6. The van der Waals surface area contributed by atoms with Gasteiger partial charge in [-0.15, -0.1) is 40.8 Å². The molecule has 8 aromatic rings. The van der Waals surface area contributed by atoms with Gasteiger partial charge in [-0.05, 0) is 249 Å². The van der Waals surface area contributed by atoms with Crippen LogP contribution in [0.25, 0.3) is 0 Å². The van der Waals surface area contributed by atoms with E-state index in [-0.39, 0.29) is 0 Å². The Balaban J connectivity index is 0.000000760. The third-order valence-electron chi connectivity index (χ3n) is 23.2. The quantitative estimate of drug-likeness (QED) is 0.0322. The molecule has 24 nitrogen and oxygen atoms in total. The van der Waals surface area contributed by atoms with Gasteiger partial charge in [0.25, 0.3) is 0 Å². The molecule has 0 aliphatic rings. The Hall–Kier alpha value is -6.88. The molecule has 0 aromatic carbocycles. The van der Waals surface area contributed by atoms with Crippen molar-refractivity contribution in [2.24, 2.45) is 94.7 Å². The van der Waals surface area contributed by atoms with E-state index < -0.39 is 0 Å². The van der Waals surface area contributed by atoms with Gasteiger partial charge in [-0.2, -0.15) is 0 Å². The van der Waals surface area contributed by atoms with Crippen LogP contribution in [0, 0.1) is 94.7 Å². The van der Waals surface area contributed by atoms with Gasteiger partial charge in [-0.1, -0.05) is 347 Å². The molecule has 0 spiro atoms. The molecule has 0 radical (unpaired) electrons. The Morgan fingerprint density at radius 3 is 0.827 bits per heavy atom. The molecule has 0 atom stereocenters. The van der Waals surface area contributed by atoms with Crippen molar-refractivity contribution < 1.29 is 0 Å². The molecule has 24 heteroatoms. The van der Waals surface area contributed by atoms with E-state index in [1.807, 2.05) is 43.5 Å². The number of nitrogens with zero attached hydrogens (tertiary/aromatic N) is 24. The van der Waals surface area contributed by atoms with E-state index in [1.165, 1.54) is 209 Å². The van der Waals surface area contributed by atoms with Gasteiger partial charge in [0.1, 0.15) is 0 Å². The Morgan fingerprint density at radius 2 is 0.436 bits per heavy atom. The van der Waals surface area contributed by atoms with Gasteiger partial charge < -0.3 is 0 Å². The van der Waals surface area contributed by atoms with Crippen molar-refractivity contribution in [2.45, 2.75) is 511 Å². The van der Waals surface area contributed by atoms with Crippen molar-refractivity contribution >= 4 is 0 Å². The van der Waals surface area contributed by atoms with Crippen molar-refractivity contribution in [3.63, 3.8) is 0 Å². The molecule has 0 aliphatic carbocycles. The van der Waals surface area contributed by atoms with Crippen LogP contribution >= 0.6 is 0 Å². The van der Waals surface area contributed by atoms with Gasteiger partial charge in [-0.25, -0.2) is 18.7 Å². The monoisotopic (exact) mass is 1860 g/mol. The number of unbranched alkanes of at least 4 members (excludes halogenated alkanes) is 6. The van der Waals surface area contributed by atoms with Crippen molar-refractivity contribution in [2.75, 3.05) is 0 Å². The first-order chi connectivity index (χ1) is 63.2. The zero-order chi connectivity index (χ0) is 99.3. The number of aromatic nitrogens is 24. The molecule has 0 saturated carbocycles. The third-order valence-corrected chi connectivity index (χ3v) is 23.2. The first-order valence-corrected chi connectivity index (χ1v) is 54.2. The van der Waals surface area contributed by atoms with Crippen LogP contribution in [0.5, 0.6) is 0 Å². The molecule has 8 heterocycles. The molecule has 0 N–H and O–H groups in total. The second-order valence-corrected chi connectivity index (χ2v) is 45.2. The van der Waals surface area contributed by atoms with Crippen molar-refractivity contribution in [3.8, 4) is 0 Å². The third kappa shape index (κ3) is 72.2. The standard InChI is InChI=1S/C15H29N3.3C14H27N3.4C13H25N3/c1-13(2)8-5-6-10-15-12-16-17-18(15)11-7-9-14(3)4;1-12(2)7-5-6-10-17-11-14(15-16-17)9-8-13(3)4;1-12(2)7-5-6-10-17-14(11-15-16-17)9-8-13(3)4;1-12(2)8-6-5-7-9-17-11-14(15-16-17)10-13(3)4;1-11(2)6-5-9-16-13(10-14-15-16)8-7-12(3)4;1-11(2)6-5-7-13-10-16(15-14-13)9-8-12(3)4;1-11(2)6-5-7-13-10-14-15-16(13)9-8-12(3)4;1-11(2)7-5-6-8-13-10-16(15-14-13)9-12(3)4/h12-14H,5-11H2,1-4H3;3*11-13H,5-10H2,1-4H3;4*10-12H,5-9H2,1-4H3. The summed E-state index contributed by atoms with van der Waals surface area (Å²) in [6, 6.07) is 0. The maximum Gasteiger partial charge on any atom is 0.0829 e. The fraction of sp³-hybridized carbons (Fsp3) is 0.853. The Labute approximate surface area is 816 Å². The van der Waals surface area contributed by atoms with Crippen LogP contribution in [0.4, 0.5) is 0 Å². The van der Waals surface area contributed by atoms with Crippen LogP contribution < -0.4 is 0 Å². The molecule has 0 unspecified atom stereocenters. The maximum atomic E-state index is 4.21. The molecule has 8 aromatic heterocycles. The van der Waals surface area contributed by atoms with Gasteiger partial charge >= 0.3 is 0 Å². The average Bonchev–Trinajstić information content (AvgIpc) is 1.73. The SMILES string of the molecule is CC(C)CCCCCn1cc(CC(C)C)nn1.CC(C)CCCCc1cn(CC(C)C)nn1.CC(C)CCCCc1cnnn1CCCC(C)C.CC(C)CCCCn1cc(CCC(C)C)nn1.CC(C)CCCCn1nncc1CCC(C)C.CC(C)CCCc1cn(CCC(C)C)nn1.CC(C)CCCc1cnnn1CCC(C)C.CC(C)CCCn1nncc1CCC(C)C. The number of rotatable bonds is 61. The number of hydrogen-bond acceptors (Lipinski definition) is 16. The van der Waals surface area contributed by atoms with Crippen molar-refractivity contribution in [1.82, 2.24) is 120 Å². The highest BCUT2D eigenvalue weighted by Gasteiger charge is 2.14. The van der Waals surface area contributed by atoms with Crippen LogP contribution in [0.2, 0.25) is 0 Å².